The number of halogens is 1. The van der Waals surface area contributed by atoms with Crippen molar-refractivity contribution >= 4 is 23.5 Å². The highest BCUT2D eigenvalue weighted by Gasteiger charge is 2.32. The molecule has 0 aliphatic rings. The van der Waals surface area contributed by atoms with Gasteiger partial charge in [0.2, 0.25) is 5.78 Å². The molecule has 0 bridgehead atoms. The summed E-state index contributed by atoms with van der Waals surface area (Å²) in [6.07, 6.45) is 2.67. The Morgan fingerprint density at radius 3 is 2.46 bits per heavy atom. The second-order valence-electron chi connectivity index (χ2n) is 6.31. The second kappa shape index (κ2) is 8.27. The molecule has 0 unspecified atom stereocenters. The van der Waals surface area contributed by atoms with Crippen molar-refractivity contribution in [2.75, 3.05) is 14.2 Å². The number of benzene rings is 2. The van der Waals surface area contributed by atoms with Gasteiger partial charge in [0.25, 0.3) is 0 Å². The number of ketones is 1. The average molecular weight is 398 g/mol. The summed E-state index contributed by atoms with van der Waals surface area (Å²) >= 11 is 5.98. The number of likely N-dealkylation sites (N-methyl/N-ethyl adjacent to an activating group) is 1. The van der Waals surface area contributed by atoms with Gasteiger partial charge in [-0.1, -0.05) is 41.9 Å². The summed E-state index contributed by atoms with van der Waals surface area (Å²) in [6, 6.07) is 13.6. The summed E-state index contributed by atoms with van der Waals surface area (Å²) in [6.45, 7) is 1.96. The third kappa shape index (κ3) is 3.77. The molecule has 1 atom stereocenters. The van der Waals surface area contributed by atoms with E-state index in [-0.39, 0.29) is 11.6 Å². The fourth-order valence-electron chi connectivity index (χ4n) is 3.08. The highest BCUT2D eigenvalue weighted by atomic mass is 35.5. The second-order valence-corrected chi connectivity index (χ2v) is 6.74. The lowest BCUT2D eigenvalue weighted by molar-refractivity contribution is 0.0782. The molecular weight excluding hydrogens is 378 g/mol. The lowest BCUT2D eigenvalue weighted by Crippen LogP contribution is -2.36. The summed E-state index contributed by atoms with van der Waals surface area (Å²) in [5.74, 6) is -0.103. The van der Waals surface area contributed by atoms with Crippen LogP contribution < -0.4 is 0 Å². The van der Waals surface area contributed by atoms with Gasteiger partial charge < -0.3 is 4.74 Å². The fraction of sp³-hybridized carbons (Fsp3) is 0.190. The molecule has 0 N–H and O–H groups in total. The van der Waals surface area contributed by atoms with Crippen LogP contribution in [-0.2, 0) is 4.74 Å². The Bertz CT molecular complexity index is 998. The molecule has 2 aromatic carbocycles. The summed E-state index contributed by atoms with van der Waals surface area (Å²) in [7, 11) is 2.79. The molecule has 1 heterocycles. The summed E-state index contributed by atoms with van der Waals surface area (Å²) in [5, 5.41) is 0.539. The number of hydrogen-bond donors (Lipinski definition) is 0. The Morgan fingerprint density at radius 1 is 1.14 bits per heavy atom. The number of nitrogens with zero attached hydrogens (tertiary/aromatic N) is 3. The number of ether oxygens (including phenoxy) is 1. The van der Waals surface area contributed by atoms with Gasteiger partial charge in [0.15, 0.2) is 5.82 Å². The number of carbonyl (C=O) groups excluding carboxylic acids is 2. The van der Waals surface area contributed by atoms with Crippen LogP contribution in [0.2, 0.25) is 5.02 Å². The number of aryl methyl sites for hydroxylation is 1. The zero-order valence-corrected chi connectivity index (χ0v) is 16.6. The van der Waals surface area contributed by atoms with Crippen molar-refractivity contribution in [3.05, 3.63) is 82.9 Å². The monoisotopic (exact) mass is 397 g/mol. The molecule has 7 heteroatoms. The van der Waals surface area contributed by atoms with Crippen molar-refractivity contribution < 1.29 is 14.3 Å². The standard InChI is InChI=1S/C21H20ClN3O3/c1-14-6-4-5-7-17(14)25-13-12-23-20(25)19(26)18(24(2)21(27)28-3)15-8-10-16(22)11-9-15/h4-13,18H,1-3H3/t18-/m0/s1. The number of carbonyl (C=O) groups is 2. The first kappa shape index (κ1) is 19.6. The van der Waals surface area contributed by atoms with Crippen molar-refractivity contribution in [2.24, 2.45) is 0 Å². The van der Waals surface area contributed by atoms with Crippen LogP contribution in [0.1, 0.15) is 27.8 Å². The number of Topliss-reactive ketones (excluding diaryl/α,β-unsaturated/α-hetero) is 1. The Balaban J connectivity index is 2.08. The van der Waals surface area contributed by atoms with E-state index in [2.05, 4.69) is 4.98 Å². The van der Waals surface area contributed by atoms with E-state index in [0.29, 0.717) is 10.6 Å². The van der Waals surface area contributed by atoms with Gasteiger partial charge in [-0.05, 0) is 36.2 Å². The van der Waals surface area contributed by atoms with Crippen molar-refractivity contribution in [3.63, 3.8) is 0 Å². The molecule has 0 spiro atoms. The minimum atomic E-state index is -0.908. The lowest BCUT2D eigenvalue weighted by atomic mass is 10.0. The molecule has 28 heavy (non-hydrogen) atoms. The summed E-state index contributed by atoms with van der Waals surface area (Å²) < 4.78 is 6.55. The number of methoxy groups -OCH3 is 1. The van der Waals surface area contributed by atoms with E-state index < -0.39 is 12.1 Å². The van der Waals surface area contributed by atoms with Crippen LogP contribution in [0.4, 0.5) is 4.79 Å². The van der Waals surface area contributed by atoms with Crippen LogP contribution in [0.15, 0.2) is 60.9 Å². The molecule has 0 aliphatic heterocycles. The number of imidazole rings is 1. The van der Waals surface area contributed by atoms with Crippen LogP contribution >= 0.6 is 11.6 Å². The Hall–Kier alpha value is -3.12. The number of aromatic nitrogens is 2. The van der Waals surface area contributed by atoms with E-state index in [4.69, 9.17) is 16.3 Å². The van der Waals surface area contributed by atoms with Gasteiger partial charge in [0, 0.05) is 24.5 Å². The molecule has 0 radical (unpaired) electrons. The molecular formula is C21H20ClN3O3. The van der Waals surface area contributed by atoms with Crippen LogP contribution in [0.25, 0.3) is 5.69 Å². The third-order valence-corrected chi connectivity index (χ3v) is 4.77. The van der Waals surface area contributed by atoms with Crippen molar-refractivity contribution in [1.29, 1.82) is 0 Å². The van der Waals surface area contributed by atoms with E-state index in [1.54, 1.807) is 41.2 Å². The maximum Gasteiger partial charge on any atom is 0.410 e. The Labute approximate surface area is 168 Å². The van der Waals surface area contributed by atoms with E-state index >= 15 is 0 Å². The zero-order valence-electron chi connectivity index (χ0n) is 15.8. The van der Waals surface area contributed by atoms with E-state index in [1.165, 1.54) is 19.1 Å². The van der Waals surface area contributed by atoms with Gasteiger partial charge in [-0.15, -0.1) is 0 Å². The predicted molar refractivity (Wildman–Crippen MR) is 107 cm³/mol. The van der Waals surface area contributed by atoms with Crippen molar-refractivity contribution in [1.82, 2.24) is 14.5 Å². The number of para-hydroxylation sites is 1. The fourth-order valence-corrected chi connectivity index (χ4v) is 3.21. The van der Waals surface area contributed by atoms with E-state index in [0.717, 1.165) is 11.3 Å². The van der Waals surface area contributed by atoms with Crippen LogP contribution in [0, 0.1) is 6.92 Å². The van der Waals surface area contributed by atoms with Crippen LogP contribution in [0.3, 0.4) is 0 Å². The number of hydrogen-bond acceptors (Lipinski definition) is 4. The van der Waals surface area contributed by atoms with Crippen molar-refractivity contribution in [3.8, 4) is 5.69 Å². The zero-order chi connectivity index (χ0) is 20.3. The minimum absolute atomic E-state index is 0.227. The molecule has 3 rings (SSSR count). The van der Waals surface area contributed by atoms with Crippen LogP contribution in [0.5, 0.6) is 0 Å². The van der Waals surface area contributed by atoms with Crippen molar-refractivity contribution in [2.45, 2.75) is 13.0 Å². The minimum Gasteiger partial charge on any atom is -0.453 e. The molecule has 1 amide bonds. The molecule has 0 saturated heterocycles. The largest absolute Gasteiger partial charge is 0.453 e. The normalized spacial score (nSPS) is 11.7. The topological polar surface area (TPSA) is 64.4 Å². The molecule has 6 nitrogen and oxygen atoms in total. The van der Waals surface area contributed by atoms with E-state index in [1.807, 2.05) is 31.2 Å². The molecule has 0 fully saturated rings. The number of amides is 1. The molecule has 144 valence electrons. The van der Waals surface area contributed by atoms with Crippen LogP contribution in [-0.4, -0.2) is 40.5 Å². The first-order valence-electron chi connectivity index (χ1n) is 8.64. The van der Waals surface area contributed by atoms with Gasteiger partial charge >= 0.3 is 6.09 Å². The van der Waals surface area contributed by atoms with Gasteiger partial charge in [-0.2, -0.15) is 0 Å². The molecule has 1 aromatic heterocycles. The lowest BCUT2D eigenvalue weighted by Gasteiger charge is -2.26. The first-order chi connectivity index (χ1) is 13.4. The third-order valence-electron chi connectivity index (χ3n) is 4.52. The SMILES string of the molecule is COC(=O)N(C)[C@H](C(=O)c1nccn1-c1ccccc1C)c1ccc(Cl)cc1. The molecule has 0 aliphatic carbocycles. The maximum absolute atomic E-state index is 13.5. The number of rotatable bonds is 5. The smallest absolute Gasteiger partial charge is 0.410 e. The quantitative estimate of drug-likeness (QED) is 0.596. The summed E-state index contributed by atoms with van der Waals surface area (Å²) in [5.41, 5.74) is 2.46. The highest BCUT2D eigenvalue weighted by Crippen LogP contribution is 2.27. The van der Waals surface area contributed by atoms with Gasteiger partial charge in [-0.3, -0.25) is 14.3 Å². The van der Waals surface area contributed by atoms with Gasteiger partial charge in [-0.25, -0.2) is 9.78 Å². The van der Waals surface area contributed by atoms with Gasteiger partial charge in [0.1, 0.15) is 6.04 Å². The summed E-state index contributed by atoms with van der Waals surface area (Å²) in [4.78, 5) is 31.2. The molecule has 0 saturated carbocycles. The maximum atomic E-state index is 13.5. The highest BCUT2D eigenvalue weighted by molar-refractivity contribution is 6.30. The molecule has 3 aromatic rings. The van der Waals surface area contributed by atoms with E-state index in [9.17, 15) is 9.59 Å². The Kier molecular flexibility index (Phi) is 5.80. The predicted octanol–water partition coefficient (Wildman–Crippen LogP) is 4.46. The first-order valence-corrected chi connectivity index (χ1v) is 9.01. The Morgan fingerprint density at radius 2 is 1.82 bits per heavy atom. The van der Waals surface area contributed by atoms with Gasteiger partial charge in [0.05, 0.1) is 12.8 Å². The average Bonchev–Trinajstić information content (AvgIpc) is 3.18.